The van der Waals surface area contributed by atoms with Gasteiger partial charge in [-0.3, -0.25) is 4.79 Å². The van der Waals surface area contributed by atoms with Crippen LogP contribution in [-0.2, 0) is 9.53 Å². The zero-order valence-corrected chi connectivity index (χ0v) is 16.3. The number of rotatable bonds is 6. The molecule has 28 heavy (non-hydrogen) atoms. The van der Waals surface area contributed by atoms with E-state index in [0.29, 0.717) is 24.9 Å². The van der Waals surface area contributed by atoms with Gasteiger partial charge in [-0.2, -0.15) is 0 Å². The average molecular weight is 380 g/mol. The lowest BCUT2D eigenvalue weighted by atomic mass is 9.77. The summed E-state index contributed by atoms with van der Waals surface area (Å²) in [6.45, 7) is 2.30. The summed E-state index contributed by atoms with van der Waals surface area (Å²) in [5.74, 6) is 0.888. The van der Waals surface area contributed by atoms with Gasteiger partial charge >= 0.3 is 12.0 Å². The number of nitrogens with one attached hydrogen (secondary N) is 2. The van der Waals surface area contributed by atoms with E-state index in [1.165, 1.54) is 5.56 Å². The van der Waals surface area contributed by atoms with Gasteiger partial charge < -0.3 is 15.4 Å². The molecule has 0 atom stereocenters. The number of benzene rings is 2. The van der Waals surface area contributed by atoms with Crippen molar-refractivity contribution in [2.75, 3.05) is 17.2 Å². The van der Waals surface area contributed by atoms with Crippen LogP contribution in [0.5, 0.6) is 0 Å². The number of hydrogen-bond acceptors (Lipinski definition) is 3. The molecule has 0 aromatic heterocycles. The molecule has 2 N–H and O–H groups in total. The zero-order chi connectivity index (χ0) is 19.8. The summed E-state index contributed by atoms with van der Waals surface area (Å²) in [4.78, 5) is 23.7. The third-order valence-electron chi connectivity index (χ3n) is 5.28. The van der Waals surface area contributed by atoms with E-state index >= 15 is 0 Å². The van der Waals surface area contributed by atoms with Gasteiger partial charge in [-0.05, 0) is 74.3 Å². The zero-order valence-electron chi connectivity index (χ0n) is 16.3. The largest absolute Gasteiger partial charge is 0.466 e. The molecule has 2 aromatic carbocycles. The van der Waals surface area contributed by atoms with Gasteiger partial charge in [-0.25, -0.2) is 4.79 Å². The Morgan fingerprint density at radius 2 is 1.50 bits per heavy atom. The topological polar surface area (TPSA) is 67.4 Å². The first-order valence-electron chi connectivity index (χ1n) is 10.0. The van der Waals surface area contributed by atoms with Crippen LogP contribution < -0.4 is 10.6 Å². The molecule has 0 spiro atoms. The summed E-state index contributed by atoms with van der Waals surface area (Å²) in [6, 6.07) is 17.2. The Balaban J connectivity index is 1.47. The number of ether oxygens (including phenoxy) is 1. The Hall–Kier alpha value is -2.82. The predicted molar refractivity (Wildman–Crippen MR) is 111 cm³/mol. The van der Waals surface area contributed by atoms with Crippen LogP contribution in [0.3, 0.4) is 0 Å². The predicted octanol–water partition coefficient (Wildman–Crippen LogP) is 5.56. The monoisotopic (exact) mass is 380 g/mol. The van der Waals surface area contributed by atoms with E-state index in [1.54, 1.807) is 0 Å². The number of esters is 1. The average Bonchev–Trinajstić information content (AvgIpc) is 2.70. The van der Waals surface area contributed by atoms with Gasteiger partial charge in [0.25, 0.3) is 0 Å². The molecule has 0 radical (unpaired) electrons. The number of carbonyl (C=O) groups is 2. The molecule has 0 bridgehead atoms. The normalized spacial score (nSPS) is 18.9. The molecule has 1 saturated carbocycles. The Morgan fingerprint density at radius 1 is 0.893 bits per heavy atom. The van der Waals surface area contributed by atoms with Crippen molar-refractivity contribution in [1.29, 1.82) is 0 Å². The van der Waals surface area contributed by atoms with Crippen LogP contribution in [0.15, 0.2) is 54.6 Å². The SMILES string of the molecule is CCOC(=O)CC1CCC(c2ccc(NC(=O)Nc3ccccc3)cc2)CC1. The van der Waals surface area contributed by atoms with Gasteiger partial charge in [0.2, 0.25) is 0 Å². The highest BCUT2D eigenvalue weighted by Crippen LogP contribution is 2.37. The maximum Gasteiger partial charge on any atom is 0.323 e. The Kier molecular flexibility index (Phi) is 7.06. The summed E-state index contributed by atoms with van der Waals surface area (Å²) in [5.41, 5.74) is 2.83. The highest BCUT2D eigenvalue weighted by Gasteiger charge is 2.24. The molecule has 1 aliphatic rings. The van der Waals surface area contributed by atoms with Crippen molar-refractivity contribution >= 4 is 23.4 Å². The minimum absolute atomic E-state index is 0.0739. The van der Waals surface area contributed by atoms with Crippen LogP contribution in [0, 0.1) is 5.92 Å². The first-order valence-corrected chi connectivity index (χ1v) is 10.0. The maximum absolute atomic E-state index is 12.1. The standard InChI is InChI=1S/C23H28N2O3/c1-2-28-22(26)16-17-8-10-18(11-9-17)19-12-14-21(15-13-19)25-23(27)24-20-6-4-3-5-7-20/h3-7,12-15,17-18H,2,8-11,16H2,1H3,(H2,24,25,27). The van der Waals surface area contributed by atoms with Crippen molar-refractivity contribution in [2.45, 2.75) is 44.9 Å². The molecule has 1 aliphatic carbocycles. The number of amides is 2. The van der Waals surface area contributed by atoms with Crippen LogP contribution in [-0.4, -0.2) is 18.6 Å². The van der Waals surface area contributed by atoms with E-state index < -0.39 is 0 Å². The highest BCUT2D eigenvalue weighted by molar-refractivity contribution is 5.99. The molecule has 0 aliphatic heterocycles. The summed E-state index contributed by atoms with van der Waals surface area (Å²) in [7, 11) is 0. The van der Waals surface area contributed by atoms with Crippen molar-refractivity contribution < 1.29 is 14.3 Å². The van der Waals surface area contributed by atoms with Crippen molar-refractivity contribution in [3.05, 3.63) is 60.2 Å². The summed E-state index contributed by atoms with van der Waals surface area (Å²) in [5, 5.41) is 5.67. The van der Waals surface area contributed by atoms with E-state index in [-0.39, 0.29) is 12.0 Å². The van der Waals surface area contributed by atoms with Gasteiger partial charge in [-0.15, -0.1) is 0 Å². The fourth-order valence-electron chi connectivity index (χ4n) is 3.81. The molecule has 0 saturated heterocycles. The highest BCUT2D eigenvalue weighted by atomic mass is 16.5. The lowest BCUT2D eigenvalue weighted by Crippen LogP contribution is -2.19. The maximum atomic E-state index is 12.1. The van der Waals surface area contributed by atoms with Gasteiger partial charge in [0.05, 0.1) is 6.61 Å². The van der Waals surface area contributed by atoms with Gasteiger partial charge in [0, 0.05) is 17.8 Å². The lowest BCUT2D eigenvalue weighted by Gasteiger charge is -2.28. The quantitative estimate of drug-likeness (QED) is 0.645. The summed E-state index contributed by atoms with van der Waals surface area (Å²) < 4.78 is 5.06. The third kappa shape index (κ3) is 5.84. The van der Waals surface area contributed by atoms with Crippen LogP contribution >= 0.6 is 0 Å². The molecular formula is C23H28N2O3. The van der Waals surface area contributed by atoms with E-state index in [4.69, 9.17) is 4.74 Å². The lowest BCUT2D eigenvalue weighted by molar-refractivity contribution is -0.144. The number of carbonyl (C=O) groups excluding carboxylic acids is 2. The number of hydrogen-bond donors (Lipinski definition) is 2. The molecule has 0 heterocycles. The van der Waals surface area contributed by atoms with Crippen molar-refractivity contribution in [1.82, 2.24) is 0 Å². The fraction of sp³-hybridized carbons (Fsp3) is 0.391. The van der Waals surface area contributed by atoms with Crippen LogP contribution in [0.1, 0.15) is 50.5 Å². The van der Waals surface area contributed by atoms with E-state index in [9.17, 15) is 9.59 Å². The molecule has 3 rings (SSSR count). The van der Waals surface area contributed by atoms with Crippen LogP contribution in [0.2, 0.25) is 0 Å². The molecule has 148 valence electrons. The first kappa shape index (κ1) is 19.9. The summed E-state index contributed by atoms with van der Waals surface area (Å²) in [6.07, 6.45) is 4.84. The molecule has 1 fully saturated rings. The molecule has 0 unspecified atom stereocenters. The van der Waals surface area contributed by atoms with E-state index in [0.717, 1.165) is 37.1 Å². The number of anilines is 2. The third-order valence-corrected chi connectivity index (χ3v) is 5.28. The number of para-hydroxylation sites is 1. The molecule has 5 nitrogen and oxygen atoms in total. The van der Waals surface area contributed by atoms with Gasteiger partial charge in [0.15, 0.2) is 0 Å². The number of urea groups is 1. The van der Waals surface area contributed by atoms with Crippen molar-refractivity contribution in [3.63, 3.8) is 0 Å². The minimum atomic E-state index is -0.251. The van der Waals surface area contributed by atoms with Crippen LogP contribution in [0.4, 0.5) is 16.2 Å². The van der Waals surface area contributed by atoms with Crippen molar-refractivity contribution in [3.8, 4) is 0 Å². The second kappa shape index (κ2) is 9.93. The first-order chi connectivity index (χ1) is 13.6. The molecule has 2 aromatic rings. The van der Waals surface area contributed by atoms with Gasteiger partial charge in [0.1, 0.15) is 0 Å². The summed E-state index contributed by atoms with van der Waals surface area (Å²) >= 11 is 0. The Bertz CT molecular complexity index is 766. The minimum Gasteiger partial charge on any atom is -0.466 e. The molecule has 5 heteroatoms. The van der Waals surface area contributed by atoms with Gasteiger partial charge in [-0.1, -0.05) is 30.3 Å². The fourth-order valence-corrected chi connectivity index (χ4v) is 3.81. The Labute approximate surface area is 166 Å². The van der Waals surface area contributed by atoms with E-state index in [1.807, 2.05) is 49.4 Å². The van der Waals surface area contributed by atoms with Crippen LogP contribution in [0.25, 0.3) is 0 Å². The second-order valence-electron chi connectivity index (χ2n) is 7.29. The van der Waals surface area contributed by atoms with Crippen molar-refractivity contribution in [2.24, 2.45) is 5.92 Å². The Morgan fingerprint density at radius 3 is 2.11 bits per heavy atom. The smallest absolute Gasteiger partial charge is 0.323 e. The molecular weight excluding hydrogens is 352 g/mol. The van der Waals surface area contributed by atoms with E-state index in [2.05, 4.69) is 22.8 Å². The second-order valence-corrected chi connectivity index (χ2v) is 7.29. The molecule has 2 amide bonds.